The molecule has 1 fully saturated rings. The topological polar surface area (TPSA) is 102 Å². The number of aliphatic hydroxyl groups excluding tert-OH is 2. The number of thioether (sulfide) groups is 1. The summed E-state index contributed by atoms with van der Waals surface area (Å²) in [6.07, 6.45) is -4.05. The Kier molecular flexibility index (Phi) is 8.36. The molecule has 0 aliphatic carbocycles. The van der Waals surface area contributed by atoms with Crippen LogP contribution in [0.4, 0.5) is 5.69 Å². The van der Waals surface area contributed by atoms with Gasteiger partial charge in [-0.1, -0.05) is 41.9 Å². The number of nitrogen functional groups attached to an aromatic ring is 1. The lowest BCUT2D eigenvalue weighted by molar-refractivity contribution is -0.179. The van der Waals surface area contributed by atoms with Gasteiger partial charge in [0.25, 0.3) is 0 Å². The number of nitrogens with two attached hydrogens (primary N) is 1. The van der Waals surface area contributed by atoms with Gasteiger partial charge in [-0.3, -0.25) is 4.79 Å². The van der Waals surface area contributed by atoms with Crippen molar-refractivity contribution in [2.24, 2.45) is 0 Å². The summed E-state index contributed by atoms with van der Waals surface area (Å²) in [6.45, 7) is 2.53. The fourth-order valence-corrected chi connectivity index (χ4v) is 5.21. The first-order valence-electron chi connectivity index (χ1n) is 11.4. The molecule has 0 bridgehead atoms. The minimum atomic E-state index is -1.54. The Hall–Kier alpha value is -2.55. The summed E-state index contributed by atoms with van der Waals surface area (Å²) in [7, 11) is 0. The zero-order valence-corrected chi connectivity index (χ0v) is 20.8. The number of anilines is 1. The fourth-order valence-electron chi connectivity index (χ4n) is 4.00. The van der Waals surface area contributed by atoms with Crippen molar-refractivity contribution < 1.29 is 24.5 Å². The van der Waals surface area contributed by atoms with Crippen LogP contribution in [0.25, 0.3) is 0 Å². The van der Waals surface area contributed by atoms with Gasteiger partial charge in [0.1, 0.15) is 24.1 Å². The van der Waals surface area contributed by atoms with Crippen molar-refractivity contribution in [3.8, 4) is 5.75 Å². The second kappa shape index (κ2) is 11.5. The largest absolute Gasteiger partial charge is 0.494 e. The van der Waals surface area contributed by atoms with Gasteiger partial charge in [-0.05, 0) is 66.4 Å². The minimum absolute atomic E-state index is 0.345. The van der Waals surface area contributed by atoms with Crippen LogP contribution < -0.4 is 10.5 Å². The maximum atomic E-state index is 12.8. The van der Waals surface area contributed by atoms with Crippen LogP contribution in [0, 0.1) is 0 Å². The number of hydrogen-bond acceptors (Lipinski definition) is 7. The maximum absolute atomic E-state index is 12.8. The number of carbonyl (C=O) groups excluding carboxylic acids is 1. The molecule has 1 heterocycles. The predicted molar refractivity (Wildman–Crippen MR) is 138 cm³/mol. The zero-order valence-electron chi connectivity index (χ0n) is 19.3. The van der Waals surface area contributed by atoms with Gasteiger partial charge < -0.3 is 25.4 Å². The first-order chi connectivity index (χ1) is 16.9. The van der Waals surface area contributed by atoms with Crippen LogP contribution in [0.15, 0.2) is 71.6 Å². The highest BCUT2D eigenvalue weighted by Crippen LogP contribution is 2.34. The van der Waals surface area contributed by atoms with Crippen LogP contribution in [0.1, 0.15) is 29.7 Å². The molecule has 0 aromatic heterocycles. The summed E-state index contributed by atoms with van der Waals surface area (Å²) in [5.74, 6) is 0.571. The number of carbonyl (C=O) groups is 1. The average molecular weight is 514 g/mol. The van der Waals surface area contributed by atoms with E-state index in [0.717, 1.165) is 21.8 Å². The van der Waals surface area contributed by atoms with Crippen LogP contribution in [0.2, 0.25) is 5.02 Å². The van der Waals surface area contributed by atoms with Crippen LogP contribution in [0.5, 0.6) is 5.75 Å². The first kappa shape index (κ1) is 25.5. The smallest absolute Gasteiger partial charge is 0.197 e. The molecule has 1 aliphatic heterocycles. The van der Waals surface area contributed by atoms with Crippen LogP contribution in [-0.4, -0.2) is 46.7 Å². The van der Waals surface area contributed by atoms with E-state index in [1.54, 1.807) is 18.2 Å². The number of ketones is 1. The van der Waals surface area contributed by atoms with E-state index in [1.165, 1.54) is 11.8 Å². The van der Waals surface area contributed by atoms with Crippen LogP contribution >= 0.6 is 23.4 Å². The lowest BCUT2D eigenvalue weighted by atomic mass is 9.91. The molecule has 184 valence electrons. The molecule has 3 aromatic carbocycles. The van der Waals surface area contributed by atoms with Gasteiger partial charge in [-0.2, -0.15) is 0 Å². The van der Waals surface area contributed by atoms with Crippen molar-refractivity contribution in [2.45, 2.75) is 42.7 Å². The molecule has 3 aromatic rings. The number of ether oxygens (including phenoxy) is 2. The number of Topliss-reactive ketones (excluding diaryl/α,β-unsaturated/α-hetero) is 1. The summed E-state index contributed by atoms with van der Waals surface area (Å²) in [5.41, 5.74) is 8.93. The molecule has 35 heavy (non-hydrogen) atoms. The van der Waals surface area contributed by atoms with Gasteiger partial charge in [0.05, 0.1) is 12.7 Å². The van der Waals surface area contributed by atoms with E-state index in [0.29, 0.717) is 35.1 Å². The molecule has 4 unspecified atom stereocenters. The first-order valence-corrected chi connectivity index (χ1v) is 12.8. The molecule has 4 rings (SSSR count). The number of aliphatic hydroxyl groups is 2. The highest BCUT2D eigenvalue weighted by atomic mass is 35.5. The van der Waals surface area contributed by atoms with Crippen molar-refractivity contribution >= 4 is 34.8 Å². The Morgan fingerprint density at radius 1 is 1.09 bits per heavy atom. The summed E-state index contributed by atoms with van der Waals surface area (Å²) in [6, 6.07) is 20.4. The standard InChI is InChI=1S/C27H28ClNO5S/c1-2-33-20-9-6-16(7-10-20)12-18-13-17(8-11-22(18)28)27-26(32)25(31)24(30)23(34-27)15-35-21-5-3-4-19(29)14-21/h3-11,13-14,23-25,27,30-31H,2,12,15,29H2,1H3. The predicted octanol–water partition coefficient (Wildman–Crippen LogP) is 4.43. The lowest BCUT2D eigenvalue weighted by Gasteiger charge is -2.36. The summed E-state index contributed by atoms with van der Waals surface area (Å²) < 4.78 is 11.5. The molecule has 8 heteroatoms. The quantitative estimate of drug-likeness (QED) is 0.302. The highest BCUT2D eigenvalue weighted by Gasteiger charge is 2.44. The summed E-state index contributed by atoms with van der Waals surface area (Å²) in [5, 5.41) is 21.5. The Balaban J connectivity index is 1.51. The Morgan fingerprint density at radius 2 is 1.86 bits per heavy atom. The second-order valence-corrected chi connectivity index (χ2v) is 9.88. The molecular formula is C27H28ClNO5S. The van der Waals surface area contributed by atoms with E-state index < -0.39 is 30.2 Å². The zero-order chi connectivity index (χ0) is 24.9. The van der Waals surface area contributed by atoms with Gasteiger partial charge in [0.15, 0.2) is 5.78 Å². The molecule has 0 spiro atoms. The lowest BCUT2D eigenvalue weighted by Crippen LogP contribution is -2.52. The molecule has 0 amide bonds. The van der Waals surface area contributed by atoms with Gasteiger partial charge in [0.2, 0.25) is 0 Å². The SMILES string of the molecule is CCOc1ccc(Cc2cc(C3OC(CSc4cccc(N)c4)C(O)C(O)C3=O)ccc2Cl)cc1. The van der Waals surface area contributed by atoms with Gasteiger partial charge in [-0.25, -0.2) is 0 Å². The van der Waals surface area contributed by atoms with Gasteiger partial charge >= 0.3 is 0 Å². The summed E-state index contributed by atoms with van der Waals surface area (Å²) in [4.78, 5) is 13.8. The van der Waals surface area contributed by atoms with E-state index in [-0.39, 0.29) is 0 Å². The molecule has 4 atom stereocenters. The highest BCUT2D eigenvalue weighted by molar-refractivity contribution is 7.99. The molecule has 4 N–H and O–H groups in total. The van der Waals surface area contributed by atoms with Crippen molar-refractivity contribution in [3.63, 3.8) is 0 Å². The van der Waals surface area contributed by atoms with Crippen molar-refractivity contribution in [3.05, 3.63) is 88.4 Å². The number of hydrogen-bond donors (Lipinski definition) is 3. The molecule has 0 saturated carbocycles. The third-order valence-corrected chi connectivity index (χ3v) is 7.29. The average Bonchev–Trinajstić information content (AvgIpc) is 2.85. The molecule has 1 saturated heterocycles. The molecule has 1 aliphatic rings. The maximum Gasteiger partial charge on any atom is 0.197 e. The van der Waals surface area contributed by atoms with Crippen molar-refractivity contribution in [1.82, 2.24) is 0 Å². The van der Waals surface area contributed by atoms with E-state index in [2.05, 4.69) is 0 Å². The molecule has 0 radical (unpaired) electrons. The van der Waals surface area contributed by atoms with Crippen LogP contribution in [-0.2, 0) is 16.0 Å². The fraction of sp³-hybridized carbons (Fsp3) is 0.296. The van der Waals surface area contributed by atoms with E-state index in [9.17, 15) is 15.0 Å². The van der Waals surface area contributed by atoms with Crippen molar-refractivity contribution in [1.29, 1.82) is 0 Å². The Bertz CT molecular complexity index is 1170. The third-order valence-electron chi connectivity index (χ3n) is 5.84. The van der Waals surface area contributed by atoms with E-state index in [1.807, 2.05) is 55.5 Å². The Morgan fingerprint density at radius 3 is 2.57 bits per heavy atom. The third kappa shape index (κ3) is 6.18. The molecule has 6 nitrogen and oxygen atoms in total. The van der Waals surface area contributed by atoms with Crippen molar-refractivity contribution in [2.75, 3.05) is 18.1 Å². The Labute approximate surface area is 214 Å². The molecular weight excluding hydrogens is 486 g/mol. The number of halogens is 1. The minimum Gasteiger partial charge on any atom is -0.494 e. The van der Waals surface area contributed by atoms with Crippen LogP contribution in [0.3, 0.4) is 0 Å². The normalized spacial score (nSPS) is 22.2. The summed E-state index contributed by atoms with van der Waals surface area (Å²) >= 11 is 7.90. The number of rotatable bonds is 8. The number of benzene rings is 3. The van der Waals surface area contributed by atoms with E-state index in [4.69, 9.17) is 26.8 Å². The van der Waals surface area contributed by atoms with Gasteiger partial charge in [0, 0.05) is 21.4 Å². The van der Waals surface area contributed by atoms with E-state index >= 15 is 0 Å². The van der Waals surface area contributed by atoms with Gasteiger partial charge in [-0.15, -0.1) is 11.8 Å². The monoisotopic (exact) mass is 513 g/mol. The second-order valence-electron chi connectivity index (χ2n) is 8.38.